The van der Waals surface area contributed by atoms with Crippen LogP contribution < -0.4 is 10.6 Å². The topological polar surface area (TPSA) is 78.4 Å². The molecule has 7 atom stereocenters. The van der Waals surface area contributed by atoms with E-state index < -0.39 is 0 Å². The Morgan fingerprint density at radius 3 is 2.39 bits per heavy atom. The molecule has 3 saturated carbocycles. The Morgan fingerprint density at radius 1 is 1.06 bits per heavy atom. The summed E-state index contributed by atoms with van der Waals surface area (Å²) < 4.78 is 0. The van der Waals surface area contributed by atoms with Gasteiger partial charge in [-0.3, -0.25) is 9.59 Å². The number of hydrogen-bond acceptors (Lipinski definition) is 3. The molecule has 3 aliphatic carbocycles. The number of nitrogens with one attached hydrogen (secondary N) is 2. The zero-order valence-corrected chi connectivity index (χ0v) is 21.4. The van der Waals surface area contributed by atoms with E-state index in [-0.39, 0.29) is 19.8 Å². The fraction of sp³-hybridized carbons (Fsp3) is 0.929. The second kappa shape index (κ2) is 13.7. The molecular formula is C28H54N2O3. The van der Waals surface area contributed by atoms with E-state index in [0.29, 0.717) is 10.8 Å². The lowest BCUT2D eigenvalue weighted by atomic mass is 9.49. The number of amides is 1. The molecule has 1 amide bonds. The maximum atomic E-state index is 11.8. The highest BCUT2D eigenvalue weighted by atomic mass is 16.3. The summed E-state index contributed by atoms with van der Waals surface area (Å²) in [6.07, 6.45) is 14.5. The van der Waals surface area contributed by atoms with Crippen molar-refractivity contribution in [3.8, 4) is 0 Å². The molecule has 33 heavy (non-hydrogen) atoms. The molecule has 3 N–H and O–H groups in total. The molecule has 4 rings (SSSR count). The maximum Gasteiger partial charge on any atom is 0.290 e. The average molecular weight is 467 g/mol. The Morgan fingerprint density at radius 2 is 1.73 bits per heavy atom. The summed E-state index contributed by atoms with van der Waals surface area (Å²) in [5.74, 6) is 3.77. The van der Waals surface area contributed by atoms with Crippen molar-refractivity contribution in [3.05, 3.63) is 0 Å². The van der Waals surface area contributed by atoms with Gasteiger partial charge in [-0.15, -0.1) is 0 Å². The number of rotatable bonds is 5. The lowest BCUT2D eigenvalue weighted by Gasteiger charge is -2.60. The molecular weight excluding hydrogens is 412 g/mol. The molecule has 4 unspecified atom stereocenters. The van der Waals surface area contributed by atoms with Gasteiger partial charge in [-0.2, -0.15) is 0 Å². The highest BCUT2D eigenvalue weighted by Gasteiger charge is 2.59. The first-order valence-electron chi connectivity index (χ1n) is 13.5. The van der Waals surface area contributed by atoms with Gasteiger partial charge in [0.2, 0.25) is 5.91 Å². The van der Waals surface area contributed by atoms with Crippen molar-refractivity contribution in [2.45, 2.75) is 119 Å². The first-order valence-corrected chi connectivity index (χ1v) is 13.5. The largest absolute Gasteiger partial charge is 0.483 e. The van der Waals surface area contributed by atoms with Crippen molar-refractivity contribution < 1.29 is 14.7 Å². The SMILES string of the molecule is C.CC.CCNC(=O)CCC[C@H]1CCC2C3NCC4CCCC[C@]4(C)C3CC[C@@]21C.O=CO. The van der Waals surface area contributed by atoms with Gasteiger partial charge in [0.25, 0.3) is 6.47 Å². The summed E-state index contributed by atoms with van der Waals surface area (Å²) in [4.78, 5) is 20.2. The lowest BCUT2D eigenvalue weighted by molar-refractivity contribution is -0.123. The van der Waals surface area contributed by atoms with Crippen molar-refractivity contribution in [2.75, 3.05) is 13.1 Å². The van der Waals surface area contributed by atoms with E-state index in [1.54, 1.807) is 0 Å². The van der Waals surface area contributed by atoms with Gasteiger partial charge >= 0.3 is 0 Å². The maximum absolute atomic E-state index is 11.8. The Kier molecular flexibility index (Phi) is 12.4. The van der Waals surface area contributed by atoms with Gasteiger partial charge in [-0.05, 0) is 99.3 Å². The third-order valence-electron chi connectivity index (χ3n) is 9.69. The van der Waals surface area contributed by atoms with Crippen molar-refractivity contribution >= 4 is 12.4 Å². The molecule has 0 spiro atoms. The summed E-state index contributed by atoms with van der Waals surface area (Å²) in [5.41, 5.74) is 1.11. The van der Waals surface area contributed by atoms with Crippen LogP contribution in [0.4, 0.5) is 0 Å². The standard InChI is InChI=1S/C24H42N2O.C2H6.CH2O2.CH4/c1-4-25-21(27)10-7-9-17-11-12-19-22-20(13-15-24(17,19)3)23(2)14-6-5-8-18(23)16-26-22;1-2;2-1-3;/h17-20,22,26H,4-16H2,1-3H3,(H,25,27);1-2H3;1H,(H,2,3);1H4/t17-,18?,19?,20?,22?,23-,24+;;;/m0.../s1. The third kappa shape index (κ3) is 6.32. The van der Waals surface area contributed by atoms with Gasteiger partial charge in [-0.25, -0.2) is 0 Å². The molecule has 0 aromatic carbocycles. The van der Waals surface area contributed by atoms with E-state index >= 15 is 0 Å². The molecule has 5 heteroatoms. The van der Waals surface area contributed by atoms with Crippen LogP contribution in [0.2, 0.25) is 0 Å². The van der Waals surface area contributed by atoms with Crippen LogP contribution in [0.1, 0.15) is 113 Å². The third-order valence-corrected chi connectivity index (χ3v) is 9.69. The second-order valence-corrected chi connectivity index (χ2v) is 10.9. The zero-order chi connectivity index (χ0) is 23.8. The minimum absolute atomic E-state index is 0. The number of fused-ring (bicyclic) bond motifs is 5. The van der Waals surface area contributed by atoms with E-state index in [0.717, 1.165) is 49.1 Å². The van der Waals surface area contributed by atoms with Gasteiger partial charge in [-0.1, -0.05) is 48.0 Å². The number of carboxylic acid groups (broad SMARTS) is 1. The van der Waals surface area contributed by atoms with Crippen LogP contribution in [-0.2, 0) is 9.59 Å². The minimum Gasteiger partial charge on any atom is -0.483 e. The van der Waals surface area contributed by atoms with Gasteiger partial charge in [0.1, 0.15) is 0 Å². The lowest BCUT2D eigenvalue weighted by Crippen LogP contribution is -2.63. The van der Waals surface area contributed by atoms with E-state index in [1.807, 2.05) is 20.8 Å². The Labute approximate surface area is 204 Å². The van der Waals surface area contributed by atoms with Crippen molar-refractivity contribution in [1.82, 2.24) is 10.6 Å². The zero-order valence-electron chi connectivity index (χ0n) is 21.4. The monoisotopic (exact) mass is 466 g/mol. The summed E-state index contributed by atoms with van der Waals surface area (Å²) in [7, 11) is 0. The summed E-state index contributed by atoms with van der Waals surface area (Å²) in [6.45, 7) is 13.0. The second-order valence-electron chi connectivity index (χ2n) is 10.9. The van der Waals surface area contributed by atoms with Crippen molar-refractivity contribution in [3.63, 3.8) is 0 Å². The van der Waals surface area contributed by atoms with Crippen LogP contribution >= 0.6 is 0 Å². The average Bonchev–Trinajstić information content (AvgIpc) is 3.12. The number of piperidine rings is 1. The molecule has 0 bridgehead atoms. The molecule has 1 heterocycles. The van der Waals surface area contributed by atoms with Gasteiger partial charge in [0.15, 0.2) is 0 Å². The van der Waals surface area contributed by atoms with Gasteiger partial charge in [0, 0.05) is 19.0 Å². The Bertz CT molecular complexity index is 598. The summed E-state index contributed by atoms with van der Waals surface area (Å²) >= 11 is 0. The van der Waals surface area contributed by atoms with Crippen molar-refractivity contribution in [1.29, 1.82) is 0 Å². The molecule has 0 radical (unpaired) electrons. The summed E-state index contributed by atoms with van der Waals surface area (Å²) in [6, 6.07) is 0.761. The molecule has 0 aromatic rings. The summed E-state index contributed by atoms with van der Waals surface area (Å²) in [5, 5.41) is 13.9. The van der Waals surface area contributed by atoms with Gasteiger partial charge < -0.3 is 15.7 Å². The van der Waals surface area contributed by atoms with Crippen LogP contribution in [0, 0.1) is 34.5 Å². The Balaban J connectivity index is 0.000000841. The first-order chi connectivity index (χ1) is 15.4. The molecule has 1 aliphatic heterocycles. The van der Waals surface area contributed by atoms with E-state index in [1.165, 1.54) is 64.3 Å². The predicted molar refractivity (Wildman–Crippen MR) is 138 cm³/mol. The molecule has 194 valence electrons. The van der Waals surface area contributed by atoms with Crippen molar-refractivity contribution in [2.24, 2.45) is 34.5 Å². The van der Waals surface area contributed by atoms with E-state index in [2.05, 4.69) is 24.5 Å². The molecule has 1 saturated heterocycles. The fourth-order valence-electron chi connectivity index (χ4n) is 8.07. The van der Waals surface area contributed by atoms with E-state index in [4.69, 9.17) is 9.90 Å². The molecule has 4 fully saturated rings. The molecule has 5 nitrogen and oxygen atoms in total. The minimum atomic E-state index is -0.250. The first kappa shape index (κ1) is 29.9. The predicted octanol–water partition coefficient (Wildman–Crippen LogP) is 6.27. The number of carbonyl (C=O) groups excluding carboxylic acids is 1. The normalized spacial score (nSPS) is 38.4. The fourth-order valence-corrected chi connectivity index (χ4v) is 8.07. The smallest absolute Gasteiger partial charge is 0.290 e. The van der Waals surface area contributed by atoms with Crippen LogP contribution in [0.15, 0.2) is 0 Å². The number of carbonyl (C=O) groups is 2. The van der Waals surface area contributed by atoms with Crippen LogP contribution in [0.5, 0.6) is 0 Å². The quantitative estimate of drug-likeness (QED) is 0.417. The Hall–Kier alpha value is -1.10. The van der Waals surface area contributed by atoms with Gasteiger partial charge in [0.05, 0.1) is 0 Å². The highest BCUT2D eigenvalue weighted by Crippen LogP contribution is 2.63. The van der Waals surface area contributed by atoms with Crippen LogP contribution in [0.25, 0.3) is 0 Å². The van der Waals surface area contributed by atoms with Crippen LogP contribution in [0.3, 0.4) is 0 Å². The molecule has 0 aromatic heterocycles. The van der Waals surface area contributed by atoms with E-state index in [9.17, 15) is 4.79 Å². The highest BCUT2D eigenvalue weighted by molar-refractivity contribution is 5.75. The molecule has 4 aliphatic rings. The number of hydrogen-bond donors (Lipinski definition) is 3. The van der Waals surface area contributed by atoms with Crippen LogP contribution in [-0.4, -0.2) is 36.6 Å².